The van der Waals surface area contributed by atoms with Crippen LogP contribution in [-0.4, -0.2) is 33.9 Å². The largest absolute Gasteiger partial charge is 0.490 e. The first-order valence-corrected chi connectivity index (χ1v) is 9.35. The van der Waals surface area contributed by atoms with Crippen LogP contribution >= 0.6 is 11.6 Å². The number of nitrogens with zero attached hydrogens (tertiary/aromatic N) is 3. The van der Waals surface area contributed by atoms with Crippen molar-refractivity contribution in [2.45, 2.75) is 19.8 Å². The van der Waals surface area contributed by atoms with Crippen LogP contribution < -0.4 is 14.8 Å². The Hall–Kier alpha value is -3.06. The highest BCUT2D eigenvalue weighted by atomic mass is 35.5. The van der Waals surface area contributed by atoms with Gasteiger partial charge in [-0.2, -0.15) is 5.10 Å². The maximum Gasteiger partial charge on any atom is 0.224 e. The van der Waals surface area contributed by atoms with E-state index in [1.165, 1.54) is 17.3 Å². The number of anilines is 1. The number of aromatic nitrogens is 3. The molecule has 0 spiro atoms. The molecule has 0 fully saturated rings. The summed E-state index contributed by atoms with van der Waals surface area (Å²) >= 11 is 6.27. The Bertz CT molecular complexity index is 916. The molecule has 1 amide bonds. The van der Waals surface area contributed by atoms with E-state index < -0.39 is 0 Å². The van der Waals surface area contributed by atoms with Gasteiger partial charge in [-0.15, -0.1) is 0 Å². The standard InChI is InChI=1S/C20H21ClN4O3/c1-2-27-17-9-3-4-10-18(17)28-12-6-11-19(26)24-16-8-5-7-15(21)20(16)25-14-22-13-23-25/h3-5,7-10,13-14H,2,6,11-12H2,1H3,(H,24,26). The van der Waals surface area contributed by atoms with Crippen LogP contribution in [-0.2, 0) is 4.79 Å². The van der Waals surface area contributed by atoms with Crippen molar-refractivity contribution >= 4 is 23.2 Å². The molecule has 1 heterocycles. The van der Waals surface area contributed by atoms with Crippen LogP contribution in [0.15, 0.2) is 55.1 Å². The fourth-order valence-corrected chi connectivity index (χ4v) is 2.91. The van der Waals surface area contributed by atoms with E-state index in [-0.39, 0.29) is 5.91 Å². The highest BCUT2D eigenvalue weighted by molar-refractivity contribution is 6.33. The molecule has 0 saturated heterocycles. The van der Waals surface area contributed by atoms with Crippen LogP contribution in [0.1, 0.15) is 19.8 Å². The normalized spacial score (nSPS) is 10.5. The highest BCUT2D eigenvalue weighted by Gasteiger charge is 2.13. The molecule has 146 valence electrons. The van der Waals surface area contributed by atoms with Crippen molar-refractivity contribution in [3.8, 4) is 17.2 Å². The first-order valence-electron chi connectivity index (χ1n) is 8.97. The summed E-state index contributed by atoms with van der Waals surface area (Å²) in [4.78, 5) is 16.3. The van der Waals surface area contributed by atoms with E-state index in [9.17, 15) is 4.79 Å². The van der Waals surface area contributed by atoms with Crippen LogP contribution in [0.25, 0.3) is 5.69 Å². The molecular weight excluding hydrogens is 380 g/mol. The van der Waals surface area contributed by atoms with Gasteiger partial charge in [0.25, 0.3) is 0 Å². The molecule has 0 unspecified atom stereocenters. The number of amides is 1. The molecule has 0 radical (unpaired) electrons. The zero-order valence-corrected chi connectivity index (χ0v) is 16.2. The number of nitrogens with one attached hydrogen (secondary N) is 1. The van der Waals surface area contributed by atoms with E-state index in [2.05, 4.69) is 15.4 Å². The molecule has 0 aliphatic carbocycles. The lowest BCUT2D eigenvalue weighted by molar-refractivity contribution is -0.116. The lowest BCUT2D eigenvalue weighted by Gasteiger charge is -2.13. The highest BCUT2D eigenvalue weighted by Crippen LogP contribution is 2.28. The molecule has 3 aromatic rings. The minimum absolute atomic E-state index is 0.134. The third-order valence-corrected chi connectivity index (χ3v) is 4.17. The average molecular weight is 401 g/mol. The Labute approximate surface area is 168 Å². The molecule has 0 bridgehead atoms. The second kappa shape index (κ2) is 9.75. The van der Waals surface area contributed by atoms with E-state index in [4.69, 9.17) is 21.1 Å². The monoisotopic (exact) mass is 400 g/mol. The Kier molecular flexibility index (Phi) is 6.86. The van der Waals surface area contributed by atoms with E-state index in [0.29, 0.717) is 54.0 Å². The third-order valence-electron chi connectivity index (χ3n) is 3.86. The van der Waals surface area contributed by atoms with Gasteiger partial charge in [0.2, 0.25) is 5.91 Å². The second-order valence-electron chi connectivity index (χ2n) is 5.86. The Morgan fingerprint density at radius 2 is 1.93 bits per heavy atom. The maximum atomic E-state index is 12.3. The topological polar surface area (TPSA) is 78.3 Å². The molecule has 0 atom stereocenters. The fourth-order valence-electron chi connectivity index (χ4n) is 2.64. The van der Waals surface area contributed by atoms with Gasteiger partial charge in [-0.25, -0.2) is 9.67 Å². The zero-order chi connectivity index (χ0) is 19.8. The van der Waals surface area contributed by atoms with Gasteiger partial charge in [-0.1, -0.05) is 29.8 Å². The van der Waals surface area contributed by atoms with Crippen molar-refractivity contribution in [1.82, 2.24) is 14.8 Å². The predicted molar refractivity (Wildman–Crippen MR) is 107 cm³/mol. The number of hydrogen-bond donors (Lipinski definition) is 1. The Morgan fingerprint density at radius 3 is 2.64 bits per heavy atom. The van der Waals surface area contributed by atoms with Crippen molar-refractivity contribution in [3.63, 3.8) is 0 Å². The van der Waals surface area contributed by atoms with E-state index in [1.54, 1.807) is 18.2 Å². The number of ether oxygens (including phenoxy) is 2. The molecule has 3 rings (SSSR count). The summed E-state index contributed by atoms with van der Waals surface area (Å²) in [7, 11) is 0. The summed E-state index contributed by atoms with van der Waals surface area (Å²) in [5.74, 6) is 1.24. The van der Waals surface area contributed by atoms with Crippen LogP contribution in [0, 0.1) is 0 Å². The lowest BCUT2D eigenvalue weighted by atomic mass is 10.2. The molecule has 0 aliphatic heterocycles. The first-order chi connectivity index (χ1) is 13.7. The molecule has 1 aromatic heterocycles. The molecule has 7 nitrogen and oxygen atoms in total. The number of benzene rings is 2. The van der Waals surface area contributed by atoms with Crippen molar-refractivity contribution in [2.24, 2.45) is 0 Å². The number of rotatable bonds is 9. The number of carbonyl (C=O) groups is 1. The molecular formula is C20H21ClN4O3. The van der Waals surface area contributed by atoms with Crippen molar-refractivity contribution in [3.05, 3.63) is 60.1 Å². The quantitative estimate of drug-likeness (QED) is 0.547. The number of hydrogen-bond acceptors (Lipinski definition) is 5. The Morgan fingerprint density at radius 1 is 1.14 bits per heavy atom. The smallest absolute Gasteiger partial charge is 0.224 e. The maximum absolute atomic E-state index is 12.3. The second-order valence-corrected chi connectivity index (χ2v) is 6.26. The minimum atomic E-state index is -0.134. The van der Waals surface area contributed by atoms with Crippen LogP contribution in [0.4, 0.5) is 5.69 Å². The van der Waals surface area contributed by atoms with Gasteiger partial charge in [-0.3, -0.25) is 4.79 Å². The number of carbonyl (C=O) groups excluding carboxylic acids is 1. The Balaban J connectivity index is 1.54. The van der Waals surface area contributed by atoms with E-state index in [1.807, 2.05) is 31.2 Å². The molecule has 2 aromatic carbocycles. The van der Waals surface area contributed by atoms with Crippen molar-refractivity contribution < 1.29 is 14.3 Å². The molecule has 28 heavy (non-hydrogen) atoms. The van der Waals surface area contributed by atoms with Gasteiger partial charge < -0.3 is 14.8 Å². The fraction of sp³-hybridized carbons (Fsp3) is 0.250. The number of halogens is 1. The molecule has 8 heteroatoms. The van der Waals surface area contributed by atoms with Gasteiger partial charge in [0.15, 0.2) is 11.5 Å². The van der Waals surface area contributed by atoms with Crippen molar-refractivity contribution in [2.75, 3.05) is 18.5 Å². The summed E-state index contributed by atoms with van der Waals surface area (Å²) in [5, 5.41) is 7.43. The van der Waals surface area contributed by atoms with Gasteiger partial charge in [0.1, 0.15) is 18.3 Å². The summed E-state index contributed by atoms with van der Waals surface area (Å²) in [5.41, 5.74) is 1.16. The summed E-state index contributed by atoms with van der Waals surface area (Å²) in [6, 6.07) is 12.8. The molecule has 0 saturated carbocycles. The van der Waals surface area contributed by atoms with Gasteiger partial charge >= 0.3 is 0 Å². The summed E-state index contributed by atoms with van der Waals surface area (Å²) < 4.78 is 12.8. The first kappa shape index (κ1) is 19.7. The number of para-hydroxylation sites is 3. The SMILES string of the molecule is CCOc1ccccc1OCCCC(=O)Nc1cccc(Cl)c1-n1cncn1. The van der Waals surface area contributed by atoms with Gasteiger partial charge in [0, 0.05) is 6.42 Å². The van der Waals surface area contributed by atoms with E-state index in [0.717, 1.165) is 0 Å². The lowest BCUT2D eigenvalue weighted by Crippen LogP contribution is -2.15. The van der Waals surface area contributed by atoms with Crippen LogP contribution in [0.2, 0.25) is 5.02 Å². The van der Waals surface area contributed by atoms with Gasteiger partial charge in [-0.05, 0) is 37.6 Å². The minimum Gasteiger partial charge on any atom is -0.490 e. The zero-order valence-electron chi connectivity index (χ0n) is 15.5. The average Bonchev–Trinajstić information content (AvgIpc) is 3.21. The van der Waals surface area contributed by atoms with Crippen LogP contribution in [0.3, 0.4) is 0 Å². The van der Waals surface area contributed by atoms with Crippen molar-refractivity contribution in [1.29, 1.82) is 0 Å². The summed E-state index contributed by atoms with van der Waals surface area (Å²) in [6.45, 7) is 2.89. The van der Waals surface area contributed by atoms with Gasteiger partial charge in [0.05, 0.1) is 23.9 Å². The molecule has 0 aliphatic rings. The molecule has 1 N–H and O–H groups in total. The predicted octanol–water partition coefficient (Wildman–Crippen LogP) is 4.12. The van der Waals surface area contributed by atoms with E-state index >= 15 is 0 Å². The summed E-state index contributed by atoms with van der Waals surface area (Å²) in [6.07, 6.45) is 3.80. The third kappa shape index (κ3) is 5.01. The van der Waals surface area contributed by atoms with Crippen LogP contribution in [0.5, 0.6) is 11.5 Å².